The Balaban J connectivity index is 2.30. The van der Waals surface area contributed by atoms with Crippen LogP contribution in [-0.4, -0.2) is 51.8 Å². The number of amides is 1. The van der Waals surface area contributed by atoms with Crippen LogP contribution in [0.5, 0.6) is 0 Å². The molecule has 0 saturated carbocycles. The molecule has 0 spiro atoms. The molecule has 0 aliphatic rings. The van der Waals surface area contributed by atoms with Gasteiger partial charge in [0.2, 0.25) is 5.91 Å². The van der Waals surface area contributed by atoms with Crippen LogP contribution in [0.1, 0.15) is 28.4 Å². The molecule has 8 nitrogen and oxygen atoms in total. The number of carbonyl (C=O) groups excluding carboxylic acids is 2. The maximum atomic E-state index is 12.9. The minimum atomic E-state index is -3.93. The predicted molar refractivity (Wildman–Crippen MR) is 122 cm³/mol. The van der Waals surface area contributed by atoms with Crippen molar-refractivity contribution < 1.29 is 22.7 Å². The SMILES string of the molecule is CCOC(=O)c1ccc(NC(=O)CN(c2cc(C)ccc2C)S(=O)(=O)N(C)C)cc1Cl. The van der Waals surface area contributed by atoms with E-state index in [9.17, 15) is 18.0 Å². The van der Waals surface area contributed by atoms with Gasteiger partial charge in [-0.3, -0.25) is 4.79 Å². The highest BCUT2D eigenvalue weighted by atomic mass is 35.5. The highest BCUT2D eigenvalue weighted by molar-refractivity contribution is 7.90. The molecule has 0 fully saturated rings. The number of aryl methyl sites for hydroxylation is 2. The van der Waals surface area contributed by atoms with Crippen LogP contribution in [0.3, 0.4) is 0 Å². The van der Waals surface area contributed by atoms with Crippen molar-refractivity contribution in [2.24, 2.45) is 0 Å². The second-order valence-corrected chi connectivity index (χ2v) is 9.52. The van der Waals surface area contributed by atoms with Gasteiger partial charge in [0.25, 0.3) is 0 Å². The fourth-order valence-corrected chi connectivity index (χ4v) is 4.15. The minimum Gasteiger partial charge on any atom is -0.462 e. The third-order valence-electron chi connectivity index (χ3n) is 4.41. The molecule has 0 saturated heterocycles. The molecule has 2 aromatic carbocycles. The summed E-state index contributed by atoms with van der Waals surface area (Å²) in [6.45, 7) is 5.07. The number of hydrogen-bond donors (Lipinski definition) is 1. The molecule has 0 radical (unpaired) electrons. The molecule has 168 valence electrons. The lowest BCUT2D eigenvalue weighted by Gasteiger charge is -2.28. The smallest absolute Gasteiger partial charge is 0.339 e. The van der Waals surface area contributed by atoms with E-state index in [1.54, 1.807) is 26.0 Å². The summed E-state index contributed by atoms with van der Waals surface area (Å²) in [5.74, 6) is -1.13. The Kier molecular flexibility index (Phi) is 8.05. The Hall–Kier alpha value is -2.62. The first-order chi connectivity index (χ1) is 14.5. The predicted octanol–water partition coefficient (Wildman–Crippen LogP) is 3.39. The number of ether oxygens (including phenoxy) is 1. The highest BCUT2D eigenvalue weighted by Gasteiger charge is 2.28. The van der Waals surface area contributed by atoms with Crippen molar-refractivity contribution in [2.75, 3.05) is 36.9 Å². The topological polar surface area (TPSA) is 96.0 Å². The summed E-state index contributed by atoms with van der Waals surface area (Å²) in [6.07, 6.45) is 0. The largest absolute Gasteiger partial charge is 0.462 e. The molecule has 0 aliphatic heterocycles. The summed E-state index contributed by atoms with van der Waals surface area (Å²) in [5, 5.41) is 2.74. The van der Waals surface area contributed by atoms with Crippen molar-refractivity contribution >= 4 is 45.1 Å². The standard InChI is InChI=1S/C21H26ClN3O5S/c1-6-30-21(27)17-10-9-16(12-18(17)22)23-20(26)13-25(31(28,29)24(4)5)19-11-14(2)7-8-15(19)3/h7-12H,6,13H2,1-5H3,(H,23,26). The summed E-state index contributed by atoms with van der Waals surface area (Å²) >= 11 is 6.13. The number of anilines is 2. The molecule has 31 heavy (non-hydrogen) atoms. The number of nitrogens with zero attached hydrogens (tertiary/aromatic N) is 2. The maximum Gasteiger partial charge on any atom is 0.339 e. The third kappa shape index (κ3) is 5.96. The monoisotopic (exact) mass is 467 g/mol. The Morgan fingerprint density at radius 1 is 1.10 bits per heavy atom. The maximum absolute atomic E-state index is 12.9. The molecule has 0 aliphatic carbocycles. The zero-order chi connectivity index (χ0) is 23.3. The van der Waals surface area contributed by atoms with Crippen LogP contribution in [0.2, 0.25) is 5.02 Å². The quantitative estimate of drug-likeness (QED) is 0.600. The molecule has 0 bridgehead atoms. The fraction of sp³-hybridized carbons (Fsp3) is 0.333. The first-order valence-electron chi connectivity index (χ1n) is 9.51. The molecular formula is C21H26ClN3O5S. The van der Waals surface area contributed by atoms with Crippen LogP contribution in [0.25, 0.3) is 0 Å². The van der Waals surface area contributed by atoms with Gasteiger partial charge in [-0.2, -0.15) is 12.7 Å². The van der Waals surface area contributed by atoms with E-state index in [2.05, 4.69) is 5.32 Å². The molecule has 2 rings (SSSR count). The summed E-state index contributed by atoms with van der Waals surface area (Å²) in [7, 11) is -1.13. The normalized spacial score (nSPS) is 11.3. The van der Waals surface area contributed by atoms with Crippen molar-refractivity contribution in [2.45, 2.75) is 20.8 Å². The Morgan fingerprint density at radius 2 is 1.77 bits per heavy atom. The van der Waals surface area contributed by atoms with E-state index in [4.69, 9.17) is 16.3 Å². The molecular weight excluding hydrogens is 442 g/mol. The Bertz CT molecular complexity index is 1090. The van der Waals surface area contributed by atoms with Gasteiger partial charge in [0.15, 0.2) is 0 Å². The van der Waals surface area contributed by atoms with Gasteiger partial charge in [-0.25, -0.2) is 9.10 Å². The highest BCUT2D eigenvalue weighted by Crippen LogP contribution is 2.26. The van der Waals surface area contributed by atoms with Gasteiger partial charge < -0.3 is 10.1 Å². The summed E-state index contributed by atoms with van der Waals surface area (Å²) in [6, 6.07) is 9.73. The van der Waals surface area contributed by atoms with E-state index in [0.717, 1.165) is 14.2 Å². The average molecular weight is 468 g/mol. The van der Waals surface area contributed by atoms with Crippen molar-refractivity contribution in [1.29, 1.82) is 0 Å². The van der Waals surface area contributed by atoms with E-state index in [1.807, 2.05) is 13.0 Å². The van der Waals surface area contributed by atoms with E-state index in [1.165, 1.54) is 32.3 Å². The number of benzene rings is 2. The summed E-state index contributed by atoms with van der Waals surface area (Å²) in [4.78, 5) is 24.6. The van der Waals surface area contributed by atoms with E-state index >= 15 is 0 Å². The average Bonchev–Trinajstić information content (AvgIpc) is 2.68. The number of hydrogen-bond acceptors (Lipinski definition) is 5. The van der Waals surface area contributed by atoms with E-state index in [0.29, 0.717) is 16.9 Å². The van der Waals surface area contributed by atoms with Crippen molar-refractivity contribution in [3.63, 3.8) is 0 Å². The van der Waals surface area contributed by atoms with E-state index in [-0.39, 0.29) is 17.2 Å². The molecule has 0 atom stereocenters. The lowest BCUT2D eigenvalue weighted by molar-refractivity contribution is -0.114. The van der Waals surface area contributed by atoms with Crippen LogP contribution in [0, 0.1) is 13.8 Å². The molecule has 1 amide bonds. The molecule has 0 unspecified atom stereocenters. The van der Waals surface area contributed by atoms with Crippen molar-refractivity contribution in [1.82, 2.24) is 4.31 Å². The lowest BCUT2D eigenvalue weighted by Crippen LogP contribution is -2.44. The number of esters is 1. The first-order valence-corrected chi connectivity index (χ1v) is 11.3. The van der Waals surface area contributed by atoms with Gasteiger partial charge in [-0.15, -0.1) is 0 Å². The third-order valence-corrected chi connectivity index (χ3v) is 6.53. The molecule has 10 heteroatoms. The van der Waals surface area contributed by atoms with Gasteiger partial charge in [0, 0.05) is 19.8 Å². The summed E-state index contributed by atoms with van der Waals surface area (Å²) in [5.41, 5.74) is 2.49. The van der Waals surface area contributed by atoms with Crippen LogP contribution in [0.15, 0.2) is 36.4 Å². The van der Waals surface area contributed by atoms with Gasteiger partial charge in [-0.05, 0) is 56.2 Å². The van der Waals surface area contributed by atoms with Gasteiger partial charge in [0.1, 0.15) is 6.54 Å². The summed E-state index contributed by atoms with van der Waals surface area (Å²) < 4.78 is 32.9. The van der Waals surface area contributed by atoms with Gasteiger partial charge in [0.05, 0.1) is 22.9 Å². The Morgan fingerprint density at radius 3 is 2.35 bits per heavy atom. The second-order valence-electron chi connectivity index (χ2n) is 7.05. The number of nitrogens with one attached hydrogen (secondary N) is 1. The van der Waals surface area contributed by atoms with Crippen molar-refractivity contribution in [3.05, 3.63) is 58.1 Å². The van der Waals surface area contributed by atoms with Crippen LogP contribution in [0.4, 0.5) is 11.4 Å². The molecule has 1 N–H and O–H groups in total. The fourth-order valence-electron chi connectivity index (χ4n) is 2.77. The first kappa shape index (κ1) is 24.6. The van der Waals surface area contributed by atoms with E-state index < -0.39 is 28.6 Å². The van der Waals surface area contributed by atoms with Gasteiger partial charge in [-0.1, -0.05) is 23.7 Å². The Labute approximate surface area is 187 Å². The second kappa shape index (κ2) is 10.1. The van der Waals surface area contributed by atoms with Crippen LogP contribution >= 0.6 is 11.6 Å². The lowest BCUT2D eigenvalue weighted by atomic mass is 10.1. The molecule has 2 aromatic rings. The zero-order valence-electron chi connectivity index (χ0n) is 18.1. The number of rotatable bonds is 8. The van der Waals surface area contributed by atoms with Gasteiger partial charge >= 0.3 is 16.2 Å². The molecule has 0 heterocycles. The van der Waals surface area contributed by atoms with Crippen molar-refractivity contribution in [3.8, 4) is 0 Å². The molecule has 0 aromatic heterocycles. The zero-order valence-corrected chi connectivity index (χ0v) is 19.7. The van der Waals surface area contributed by atoms with Crippen LogP contribution < -0.4 is 9.62 Å². The number of halogens is 1. The minimum absolute atomic E-state index is 0.114. The number of carbonyl (C=O) groups is 2. The van der Waals surface area contributed by atoms with Crippen LogP contribution in [-0.2, 0) is 19.7 Å².